The van der Waals surface area contributed by atoms with Gasteiger partial charge in [0.15, 0.2) is 5.60 Å². The van der Waals surface area contributed by atoms with Gasteiger partial charge in [0.05, 0.1) is 24.4 Å². The number of nitrogens with one attached hydrogen (secondary N) is 1. The average molecular weight is 289 g/mol. The molecule has 3 aliphatic rings. The minimum Gasteiger partial charge on any atom is -0.476 e. The van der Waals surface area contributed by atoms with E-state index < -0.39 is 17.2 Å². The molecule has 6 nitrogen and oxygen atoms in total. The molecule has 1 fully saturated rings. The Morgan fingerprint density at radius 2 is 2.24 bits per heavy atom. The van der Waals surface area contributed by atoms with Crippen molar-refractivity contribution in [3.8, 4) is 5.75 Å². The van der Waals surface area contributed by atoms with Gasteiger partial charge in [-0.2, -0.15) is 0 Å². The van der Waals surface area contributed by atoms with Gasteiger partial charge in [-0.05, 0) is 24.1 Å². The molecule has 110 valence electrons. The van der Waals surface area contributed by atoms with E-state index in [0.29, 0.717) is 17.9 Å². The second kappa shape index (κ2) is 4.07. The predicted molar refractivity (Wildman–Crippen MR) is 72.8 cm³/mol. The smallest absolute Gasteiger partial charge is 0.235 e. The average Bonchev–Trinajstić information content (AvgIpc) is 2.75. The van der Waals surface area contributed by atoms with Crippen molar-refractivity contribution >= 4 is 11.5 Å². The SMILES string of the molecule is O=C1C=C2Nc3ccc(CCO)cc3O[C@]23CO[C@@]1(O)C3. The van der Waals surface area contributed by atoms with Crippen LogP contribution in [0.1, 0.15) is 12.0 Å². The highest BCUT2D eigenvalue weighted by Crippen LogP contribution is 2.49. The molecule has 1 aromatic carbocycles. The van der Waals surface area contributed by atoms with E-state index in [2.05, 4.69) is 5.32 Å². The normalized spacial score (nSPS) is 32.7. The lowest BCUT2D eigenvalue weighted by Crippen LogP contribution is -2.50. The number of ketones is 1. The monoisotopic (exact) mass is 289 g/mol. The molecule has 0 saturated carbocycles. The number of aliphatic hydroxyl groups is 2. The lowest BCUT2D eigenvalue weighted by atomic mass is 9.85. The lowest BCUT2D eigenvalue weighted by molar-refractivity contribution is -0.181. The first-order chi connectivity index (χ1) is 10.0. The van der Waals surface area contributed by atoms with Crippen molar-refractivity contribution in [3.05, 3.63) is 35.5 Å². The van der Waals surface area contributed by atoms with Gasteiger partial charge in [-0.25, -0.2) is 0 Å². The van der Waals surface area contributed by atoms with Crippen LogP contribution in [-0.4, -0.2) is 40.6 Å². The van der Waals surface area contributed by atoms with E-state index in [0.717, 1.165) is 11.3 Å². The minimum atomic E-state index is -1.77. The van der Waals surface area contributed by atoms with Crippen LogP contribution < -0.4 is 10.1 Å². The zero-order valence-electron chi connectivity index (χ0n) is 11.3. The fourth-order valence-electron chi connectivity index (χ4n) is 3.10. The highest BCUT2D eigenvalue weighted by atomic mass is 16.7. The van der Waals surface area contributed by atoms with E-state index in [1.807, 2.05) is 18.2 Å². The number of hydrogen-bond acceptors (Lipinski definition) is 6. The molecule has 1 spiro atoms. The van der Waals surface area contributed by atoms with Gasteiger partial charge in [0.1, 0.15) is 5.75 Å². The fourth-order valence-corrected chi connectivity index (χ4v) is 3.10. The molecule has 21 heavy (non-hydrogen) atoms. The van der Waals surface area contributed by atoms with Gasteiger partial charge in [0, 0.05) is 12.7 Å². The van der Waals surface area contributed by atoms with Gasteiger partial charge < -0.3 is 25.0 Å². The standard InChI is InChI=1S/C15H15NO5/c17-4-3-9-1-2-10-11(5-9)21-14-7-15(19,20-8-14)13(18)6-12(14)16-10/h1-2,5-6,16-17,19H,3-4,7-8H2/t14-,15+/m1/s1. The summed E-state index contributed by atoms with van der Waals surface area (Å²) in [6.45, 7) is 0.192. The zero-order valence-corrected chi connectivity index (χ0v) is 11.3. The van der Waals surface area contributed by atoms with Gasteiger partial charge >= 0.3 is 0 Å². The molecule has 2 bridgehead atoms. The first-order valence-electron chi connectivity index (χ1n) is 6.87. The molecule has 1 saturated heterocycles. The Labute approximate surface area is 121 Å². The van der Waals surface area contributed by atoms with Crippen molar-refractivity contribution in [2.45, 2.75) is 24.2 Å². The van der Waals surface area contributed by atoms with E-state index in [9.17, 15) is 9.90 Å². The van der Waals surface area contributed by atoms with Gasteiger partial charge in [-0.1, -0.05) is 6.07 Å². The fraction of sp³-hybridized carbons (Fsp3) is 0.400. The molecule has 6 heteroatoms. The van der Waals surface area contributed by atoms with Crippen LogP contribution in [0.3, 0.4) is 0 Å². The predicted octanol–water partition coefficient (Wildman–Crippen LogP) is 0.340. The van der Waals surface area contributed by atoms with Gasteiger partial charge in [0.2, 0.25) is 11.6 Å². The molecule has 2 heterocycles. The topological polar surface area (TPSA) is 88.0 Å². The first-order valence-corrected chi connectivity index (χ1v) is 6.87. The number of aliphatic hydroxyl groups excluding tert-OH is 1. The largest absolute Gasteiger partial charge is 0.476 e. The van der Waals surface area contributed by atoms with Crippen molar-refractivity contribution in [1.29, 1.82) is 0 Å². The Morgan fingerprint density at radius 1 is 1.38 bits per heavy atom. The first kappa shape index (κ1) is 12.8. The maximum atomic E-state index is 11.9. The Hall–Kier alpha value is -1.89. The third kappa shape index (κ3) is 1.73. The molecule has 3 N–H and O–H groups in total. The second-order valence-electron chi connectivity index (χ2n) is 5.70. The molecule has 4 rings (SSSR count). The number of carbonyl (C=O) groups is 1. The summed E-state index contributed by atoms with van der Waals surface area (Å²) >= 11 is 0. The van der Waals surface area contributed by atoms with E-state index in [1.54, 1.807) is 0 Å². The van der Waals surface area contributed by atoms with Crippen molar-refractivity contribution in [2.24, 2.45) is 0 Å². The molecule has 1 aromatic rings. The summed E-state index contributed by atoms with van der Waals surface area (Å²) in [5, 5.41) is 22.4. The quantitative estimate of drug-likeness (QED) is 0.727. The molecular weight excluding hydrogens is 274 g/mol. The highest BCUT2D eigenvalue weighted by molar-refractivity contribution is 5.99. The third-order valence-electron chi connectivity index (χ3n) is 4.24. The Kier molecular flexibility index (Phi) is 2.48. The number of fused-ring (bicyclic) bond motifs is 2. The summed E-state index contributed by atoms with van der Waals surface area (Å²) in [5.74, 6) is -1.59. The number of anilines is 1. The number of ether oxygens (including phenoxy) is 2. The number of hydrogen-bond donors (Lipinski definition) is 3. The summed E-state index contributed by atoms with van der Waals surface area (Å²) in [6.07, 6.45) is 1.99. The summed E-state index contributed by atoms with van der Waals surface area (Å²) in [7, 11) is 0. The molecule has 1 aliphatic carbocycles. The van der Waals surface area contributed by atoms with E-state index in [-0.39, 0.29) is 19.6 Å². The molecule has 2 aliphatic heterocycles. The molecule has 0 amide bonds. The van der Waals surface area contributed by atoms with Crippen LogP contribution in [0, 0.1) is 0 Å². The van der Waals surface area contributed by atoms with E-state index in [1.165, 1.54) is 6.08 Å². The van der Waals surface area contributed by atoms with Crippen LogP contribution in [0.4, 0.5) is 5.69 Å². The number of carbonyl (C=O) groups excluding carboxylic acids is 1. The molecular formula is C15H15NO5. The Balaban J connectivity index is 1.77. The summed E-state index contributed by atoms with van der Waals surface area (Å²) < 4.78 is 11.3. The Bertz CT molecular complexity index is 670. The summed E-state index contributed by atoms with van der Waals surface area (Å²) in [5.41, 5.74) is 1.51. The number of rotatable bonds is 2. The molecule has 2 atom stereocenters. The van der Waals surface area contributed by atoms with Crippen LogP contribution in [0.15, 0.2) is 30.0 Å². The van der Waals surface area contributed by atoms with Crippen LogP contribution >= 0.6 is 0 Å². The van der Waals surface area contributed by atoms with Crippen molar-refractivity contribution in [1.82, 2.24) is 0 Å². The number of benzene rings is 1. The van der Waals surface area contributed by atoms with Crippen molar-refractivity contribution < 1.29 is 24.5 Å². The van der Waals surface area contributed by atoms with Crippen LogP contribution in [0.5, 0.6) is 5.75 Å². The van der Waals surface area contributed by atoms with Crippen LogP contribution in [-0.2, 0) is 16.0 Å². The molecule has 0 radical (unpaired) electrons. The highest BCUT2D eigenvalue weighted by Gasteiger charge is 2.61. The minimum absolute atomic E-state index is 0.0693. The molecule has 0 unspecified atom stereocenters. The Morgan fingerprint density at radius 3 is 3.05 bits per heavy atom. The summed E-state index contributed by atoms with van der Waals surface area (Å²) in [4.78, 5) is 11.9. The van der Waals surface area contributed by atoms with E-state index in [4.69, 9.17) is 14.6 Å². The maximum Gasteiger partial charge on any atom is 0.235 e. The van der Waals surface area contributed by atoms with E-state index >= 15 is 0 Å². The van der Waals surface area contributed by atoms with Crippen molar-refractivity contribution in [3.63, 3.8) is 0 Å². The zero-order chi connectivity index (χ0) is 14.7. The second-order valence-corrected chi connectivity index (χ2v) is 5.70. The van der Waals surface area contributed by atoms with Gasteiger partial charge in [0.25, 0.3) is 0 Å². The van der Waals surface area contributed by atoms with Crippen LogP contribution in [0.25, 0.3) is 0 Å². The van der Waals surface area contributed by atoms with Gasteiger partial charge in [-0.15, -0.1) is 0 Å². The maximum absolute atomic E-state index is 11.9. The lowest BCUT2D eigenvalue weighted by Gasteiger charge is -2.39. The van der Waals surface area contributed by atoms with Crippen molar-refractivity contribution in [2.75, 3.05) is 18.5 Å². The van der Waals surface area contributed by atoms with Gasteiger partial charge in [-0.3, -0.25) is 4.79 Å². The third-order valence-corrected chi connectivity index (χ3v) is 4.24. The molecule has 0 aromatic heterocycles. The summed E-state index contributed by atoms with van der Waals surface area (Å²) in [6, 6.07) is 5.61. The van der Waals surface area contributed by atoms with Crippen LogP contribution in [0.2, 0.25) is 0 Å².